The monoisotopic (exact) mass is 262 g/mol. The predicted octanol–water partition coefficient (Wildman–Crippen LogP) is 3.62. The largest absolute Gasteiger partial charge is 0.507 e. The summed E-state index contributed by atoms with van der Waals surface area (Å²) >= 11 is 0. The fourth-order valence-electron chi connectivity index (χ4n) is 2.88. The average molecular weight is 262 g/mol. The topological polar surface area (TPSA) is 46.5 Å². The van der Waals surface area contributed by atoms with Gasteiger partial charge in [-0.15, -0.1) is 0 Å². The first kappa shape index (κ1) is 13.9. The molecule has 1 aliphatic carbocycles. The van der Waals surface area contributed by atoms with Gasteiger partial charge in [0, 0.05) is 0 Å². The standard InChI is InChI=1S/C16H22O3/c1-11-7-8-13(12(2)9-11)10-19-16(18)14-5-3-4-6-15(14)17/h3-6,11-13,17H,7-10H2,1-2H3. The summed E-state index contributed by atoms with van der Waals surface area (Å²) in [5.41, 5.74) is 0.249. The van der Waals surface area contributed by atoms with Gasteiger partial charge in [0.2, 0.25) is 0 Å². The van der Waals surface area contributed by atoms with Crippen LogP contribution in [0.5, 0.6) is 5.75 Å². The van der Waals surface area contributed by atoms with Gasteiger partial charge in [0.1, 0.15) is 11.3 Å². The van der Waals surface area contributed by atoms with Crippen molar-refractivity contribution in [2.45, 2.75) is 33.1 Å². The number of ether oxygens (including phenoxy) is 1. The van der Waals surface area contributed by atoms with Crippen molar-refractivity contribution in [3.63, 3.8) is 0 Å². The molecular formula is C16H22O3. The van der Waals surface area contributed by atoms with Gasteiger partial charge in [-0.2, -0.15) is 0 Å². The van der Waals surface area contributed by atoms with Crippen LogP contribution in [0.2, 0.25) is 0 Å². The summed E-state index contributed by atoms with van der Waals surface area (Å²) in [4.78, 5) is 11.9. The van der Waals surface area contributed by atoms with Crippen molar-refractivity contribution >= 4 is 5.97 Å². The summed E-state index contributed by atoms with van der Waals surface area (Å²) in [5.74, 6) is 1.38. The Morgan fingerprint density at radius 1 is 1.32 bits per heavy atom. The molecule has 104 valence electrons. The highest BCUT2D eigenvalue weighted by Crippen LogP contribution is 2.33. The van der Waals surface area contributed by atoms with Crippen LogP contribution in [0, 0.1) is 17.8 Å². The lowest BCUT2D eigenvalue weighted by Crippen LogP contribution is -2.26. The first-order chi connectivity index (χ1) is 9.08. The third-order valence-corrected chi connectivity index (χ3v) is 4.16. The number of esters is 1. The van der Waals surface area contributed by atoms with Crippen LogP contribution in [0.25, 0.3) is 0 Å². The highest BCUT2D eigenvalue weighted by Gasteiger charge is 2.26. The number of aromatic hydroxyl groups is 1. The summed E-state index contributed by atoms with van der Waals surface area (Å²) in [6.45, 7) is 4.97. The number of hydrogen-bond acceptors (Lipinski definition) is 3. The lowest BCUT2D eigenvalue weighted by molar-refractivity contribution is 0.0326. The van der Waals surface area contributed by atoms with E-state index >= 15 is 0 Å². The molecule has 0 amide bonds. The van der Waals surface area contributed by atoms with Crippen molar-refractivity contribution in [3.8, 4) is 5.75 Å². The SMILES string of the molecule is CC1CCC(COC(=O)c2ccccc2O)C(C)C1. The average Bonchev–Trinajstić information content (AvgIpc) is 2.38. The van der Waals surface area contributed by atoms with Crippen LogP contribution < -0.4 is 0 Å². The van der Waals surface area contributed by atoms with Gasteiger partial charge in [-0.05, 0) is 42.7 Å². The Morgan fingerprint density at radius 2 is 2.05 bits per heavy atom. The van der Waals surface area contributed by atoms with Crippen LogP contribution in [0.4, 0.5) is 0 Å². The van der Waals surface area contributed by atoms with Crippen LogP contribution in [0.15, 0.2) is 24.3 Å². The predicted molar refractivity (Wildman–Crippen MR) is 74.1 cm³/mol. The number of phenolic OH excluding ortho intramolecular Hbond substituents is 1. The van der Waals surface area contributed by atoms with Crippen molar-refractivity contribution in [2.24, 2.45) is 17.8 Å². The van der Waals surface area contributed by atoms with E-state index in [-0.39, 0.29) is 11.3 Å². The molecule has 1 N–H and O–H groups in total. The molecule has 1 fully saturated rings. The van der Waals surface area contributed by atoms with Crippen molar-refractivity contribution in [2.75, 3.05) is 6.61 Å². The third kappa shape index (κ3) is 3.49. The molecule has 1 saturated carbocycles. The molecule has 0 radical (unpaired) electrons. The first-order valence-corrected chi connectivity index (χ1v) is 7.03. The molecule has 1 aromatic carbocycles. The molecule has 1 aliphatic rings. The Labute approximate surface area is 114 Å². The number of para-hydroxylation sites is 1. The van der Waals surface area contributed by atoms with Gasteiger partial charge >= 0.3 is 5.97 Å². The molecule has 19 heavy (non-hydrogen) atoms. The van der Waals surface area contributed by atoms with Crippen LogP contribution in [0.1, 0.15) is 43.5 Å². The zero-order chi connectivity index (χ0) is 13.8. The van der Waals surface area contributed by atoms with E-state index in [9.17, 15) is 9.90 Å². The van der Waals surface area contributed by atoms with Crippen molar-refractivity contribution in [3.05, 3.63) is 29.8 Å². The molecule has 0 heterocycles. The van der Waals surface area contributed by atoms with Gasteiger partial charge in [0.15, 0.2) is 0 Å². The van der Waals surface area contributed by atoms with E-state index in [1.807, 2.05) is 0 Å². The van der Waals surface area contributed by atoms with E-state index < -0.39 is 5.97 Å². The number of phenols is 1. The third-order valence-electron chi connectivity index (χ3n) is 4.16. The smallest absolute Gasteiger partial charge is 0.341 e. The minimum absolute atomic E-state index is 0.0159. The normalized spacial score (nSPS) is 26.9. The lowest BCUT2D eigenvalue weighted by atomic mass is 9.76. The van der Waals surface area contributed by atoms with Gasteiger partial charge in [-0.25, -0.2) is 4.79 Å². The molecule has 0 saturated heterocycles. The zero-order valence-corrected chi connectivity index (χ0v) is 11.6. The first-order valence-electron chi connectivity index (χ1n) is 7.03. The van der Waals surface area contributed by atoms with E-state index in [0.29, 0.717) is 18.4 Å². The summed E-state index contributed by atoms with van der Waals surface area (Å²) in [7, 11) is 0. The Morgan fingerprint density at radius 3 is 2.74 bits per heavy atom. The maximum Gasteiger partial charge on any atom is 0.341 e. The molecular weight excluding hydrogens is 240 g/mol. The fraction of sp³-hybridized carbons (Fsp3) is 0.562. The van der Waals surface area contributed by atoms with Gasteiger partial charge in [0.05, 0.1) is 6.61 Å². The number of rotatable bonds is 3. The maximum atomic E-state index is 11.9. The highest BCUT2D eigenvalue weighted by atomic mass is 16.5. The van der Waals surface area contributed by atoms with Crippen LogP contribution in [-0.4, -0.2) is 17.7 Å². The summed E-state index contributed by atoms with van der Waals surface area (Å²) < 4.78 is 5.36. The quantitative estimate of drug-likeness (QED) is 0.846. The summed E-state index contributed by atoms with van der Waals surface area (Å²) in [6, 6.07) is 6.50. The number of hydrogen-bond donors (Lipinski definition) is 1. The Balaban J connectivity index is 1.89. The highest BCUT2D eigenvalue weighted by molar-refractivity contribution is 5.92. The van der Waals surface area contributed by atoms with Crippen LogP contribution >= 0.6 is 0 Å². The lowest BCUT2D eigenvalue weighted by Gasteiger charge is -2.32. The minimum Gasteiger partial charge on any atom is -0.507 e. The van der Waals surface area contributed by atoms with Gasteiger partial charge in [-0.1, -0.05) is 32.4 Å². The molecule has 1 aromatic rings. The van der Waals surface area contributed by atoms with Crippen molar-refractivity contribution < 1.29 is 14.6 Å². The Hall–Kier alpha value is -1.51. The Kier molecular flexibility index (Phi) is 4.46. The second-order valence-electron chi connectivity index (χ2n) is 5.77. The van der Waals surface area contributed by atoms with Crippen molar-refractivity contribution in [1.29, 1.82) is 0 Å². The molecule has 3 nitrogen and oxygen atoms in total. The van der Waals surface area contributed by atoms with Crippen LogP contribution in [-0.2, 0) is 4.74 Å². The van der Waals surface area contributed by atoms with E-state index in [0.717, 1.165) is 12.3 Å². The van der Waals surface area contributed by atoms with Gasteiger partial charge in [0.25, 0.3) is 0 Å². The van der Waals surface area contributed by atoms with E-state index in [1.165, 1.54) is 18.9 Å². The molecule has 0 aliphatic heterocycles. The molecule has 2 rings (SSSR count). The number of benzene rings is 1. The van der Waals surface area contributed by atoms with E-state index in [1.54, 1.807) is 18.2 Å². The molecule has 0 aromatic heterocycles. The van der Waals surface area contributed by atoms with E-state index in [2.05, 4.69) is 13.8 Å². The van der Waals surface area contributed by atoms with Crippen molar-refractivity contribution in [1.82, 2.24) is 0 Å². The number of carbonyl (C=O) groups is 1. The second kappa shape index (κ2) is 6.09. The van der Waals surface area contributed by atoms with Gasteiger partial charge in [-0.3, -0.25) is 0 Å². The maximum absolute atomic E-state index is 11.9. The Bertz CT molecular complexity index is 441. The molecule has 3 unspecified atom stereocenters. The molecule has 0 bridgehead atoms. The zero-order valence-electron chi connectivity index (χ0n) is 11.6. The van der Waals surface area contributed by atoms with Gasteiger partial charge < -0.3 is 9.84 Å². The molecule has 0 spiro atoms. The summed E-state index contributed by atoms with van der Waals surface area (Å²) in [6.07, 6.45) is 3.54. The molecule has 3 heteroatoms. The fourth-order valence-corrected chi connectivity index (χ4v) is 2.88. The summed E-state index contributed by atoms with van der Waals surface area (Å²) in [5, 5.41) is 9.60. The van der Waals surface area contributed by atoms with E-state index in [4.69, 9.17) is 4.74 Å². The second-order valence-corrected chi connectivity index (χ2v) is 5.77. The molecule has 3 atom stereocenters. The number of carbonyl (C=O) groups excluding carboxylic acids is 1. The van der Waals surface area contributed by atoms with Crippen LogP contribution in [0.3, 0.4) is 0 Å². The minimum atomic E-state index is -0.427.